The number of methoxy groups -OCH3 is 1. The minimum Gasteiger partial charge on any atom is -0.493 e. The monoisotopic (exact) mass is 267 g/mol. The molecule has 0 fully saturated rings. The third-order valence-electron chi connectivity index (χ3n) is 2.17. The molecule has 104 valence electrons. The van der Waals surface area contributed by atoms with Gasteiger partial charge in [0.25, 0.3) is 0 Å². The Morgan fingerprint density at radius 2 is 2.16 bits per heavy atom. The highest BCUT2D eigenvalue weighted by Crippen LogP contribution is 2.30. The molecule has 0 amide bonds. The van der Waals surface area contributed by atoms with Crippen molar-refractivity contribution in [1.82, 2.24) is 0 Å². The Labute approximate surface area is 111 Å². The lowest BCUT2D eigenvalue weighted by atomic mass is 10.2. The van der Waals surface area contributed by atoms with Crippen LogP contribution in [-0.4, -0.2) is 39.6 Å². The van der Waals surface area contributed by atoms with Gasteiger partial charge >= 0.3 is 5.97 Å². The minimum atomic E-state index is -0.442. The van der Waals surface area contributed by atoms with Crippen LogP contribution in [0.5, 0.6) is 11.5 Å². The molecule has 6 nitrogen and oxygen atoms in total. The lowest BCUT2D eigenvalue weighted by Gasteiger charge is -2.12. The number of carbonyl (C=O) groups is 1. The molecule has 0 unspecified atom stereocenters. The smallest absolute Gasteiger partial charge is 0.344 e. The molecule has 0 bridgehead atoms. The number of esters is 1. The number of nitrogens with zero attached hydrogens (tertiary/aromatic N) is 1. The van der Waals surface area contributed by atoms with E-state index < -0.39 is 5.97 Å². The highest BCUT2D eigenvalue weighted by atomic mass is 16.6. The number of hydrogen-bond donors (Lipinski definition) is 0. The normalized spacial score (nSPS) is 10.3. The summed E-state index contributed by atoms with van der Waals surface area (Å²) in [5.74, 6) is 0.478. The van der Waals surface area contributed by atoms with Crippen molar-refractivity contribution in [1.29, 1.82) is 0 Å². The zero-order valence-electron chi connectivity index (χ0n) is 11.2. The van der Waals surface area contributed by atoms with Crippen molar-refractivity contribution in [2.24, 2.45) is 5.16 Å². The van der Waals surface area contributed by atoms with E-state index in [1.54, 1.807) is 25.1 Å². The number of para-hydroxylation sites is 1. The molecule has 0 heterocycles. The van der Waals surface area contributed by atoms with Crippen LogP contribution in [0.3, 0.4) is 0 Å². The summed E-state index contributed by atoms with van der Waals surface area (Å²) in [6.45, 7) is 1.85. The molecule has 6 heteroatoms. The molecule has 0 aliphatic heterocycles. The first-order valence-electron chi connectivity index (χ1n) is 5.74. The van der Waals surface area contributed by atoms with Gasteiger partial charge in [-0.1, -0.05) is 11.2 Å². The maximum atomic E-state index is 11.3. The van der Waals surface area contributed by atoms with Crippen LogP contribution in [0.4, 0.5) is 0 Å². The Morgan fingerprint density at radius 3 is 2.79 bits per heavy atom. The van der Waals surface area contributed by atoms with Crippen molar-refractivity contribution in [3.05, 3.63) is 23.8 Å². The van der Waals surface area contributed by atoms with Crippen LogP contribution < -0.4 is 9.47 Å². The van der Waals surface area contributed by atoms with Crippen LogP contribution in [0.2, 0.25) is 0 Å². The van der Waals surface area contributed by atoms with Crippen LogP contribution in [0.25, 0.3) is 0 Å². The average Bonchev–Trinajstić information content (AvgIpc) is 2.43. The van der Waals surface area contributed by atoms with Crippen molar-refractivity contribution in [3.63, 3.8) is 0 Å². The maximum Gasteiger partial charge on any atom is 0.344 e. The van der Waals surface area contributed by atoms with Crippen LogP contribution in [0, 0.1) is 0 Å². The summed E-state index contributed by atoms with van der Waals surface area (Å²) in [5.41, 5.74) is 0.644. The molecule has 0 aliphatic rings. The molecule has 1 aromatic carbocycles. The van der Waals surface area contributed by atoms with Crippen molar-refractivity contribution < 1.29 is 23.8 Å². The molecule has 1 aromatic rings. The quantitative estimate of drug-likeness (QED) is 0.426. The number of carbonyl (C=O) groups excluding carboxylic acids is 1. The fourth-order valence-electron chi connectivity index (χ4n) is 1.39. The average molecular weight is 267 g/mol. The molecular formula is C13H17NO5. The number of oxime groups is 1. The Hall–Kier alpha value is -2.24. The van der Waals surface area contributed by atoms with E-state index in [0.717, 1.165) is 0 Å². The lowest BCUT2D eigenvalue weighted by molar-refractivity contribution is -0.145. The lowest BCUT2D eigenvalue weighted by Crippen LogP contribution is -2.15. The van der Waals surface area contributed by atoms with Crippen molar-refractivity contribution in [2.75, 3.05) is 27.4 Å². The van der Waals surface area contributed by atoms with Gasteiger partial charge in [0.15, 0.2) is 18.1 Å². The first-order chi connectivity index (χ1) is 9.22. The van der Waals surface area contributed by atoms with E-state index in [4.69, 9.17) is 14.2 Å². The molecule has 1 rings (SSSR count). The summed E-state index contributed by atoms with van der Waals surface area (Å²) in [6, 6.07) is 5.28. The molecule has 0 atom stereocenters. The van der Waals surface area contributed by atoms with Crippen molar-refractivity contribution in [3.8, 4) is 11.5 Å². The summed E-state index contributed by atoms with van der Waals surface area (Å²) in [6.07, 6.45) is 1.48. The third-order valence-corrected chi connectivity index (χ3v) is 2.17. The number of hydrogen-bond acceptors (Lipinski definition) is 6. The Bertz CT molecular complexity index is 445. The second-order valence-electron chi connectivity index (χ2n) is 3.39. The molecule has 0 spiro atoms. The van der Waals surface area contributed by atoms with Crippen molar-refractivity contribution >= 4 is 12.2 Å². The SMILES string of the molecule is CCOC(=O)COc1c(/C=N\OC)cccc1OC. The third kappa shape index (κ3) is 4.50. The molecule has 19 heavy (non-hydrogen) atoms. The van der Waals surface area contributed by atoms with E-state index in [0.29, 0.717) is 23.7 Å². The Morgan fingerprint density at radius 1 is 1.37 bits per heavy atom. The summed E-state index contributed by atoms with van der Waals surface area (Å²) in [4.78, 5) is 15.9. The summed E-state index contributed by atoms with van der Waals surface area (Å²) in [5, 5.41) is 3.66. The zero-order chi connectivity index (χ0) is 14.1. The minimum absolute atomic E-state index is 0.192. The van der Waals surface area contributed by atoms with Gasteiger partial charge < -0.3 is 19.0 Å². The van der Waals surface area contributed by atoms with Gasteiger partial charge in [-0.25, -0.2) is 4.79 Å². The number of benzene rings is 1. The topological polar surface area (TPSA) is 66.4 Å². The summed E-state index contributed by atoms with van der Waals surface area (Å²) < 4.78 is 15.4. The van der Waals surface area contributed by atoms with E-state index in [1.165, 1.54) is 20.4 Å². The van der Waals surface area contributed by atoms with Gasteiger partial charge in [-0.3, -0.25) is 0 Å². The second kappa shape index (κ2) is 7.97. The predicted octanol–water partition coefficient (Wildman–Crippen LogP) is 1.62. The Balaban J connectivity index is 2.88. The summed E-state index contributed by atoms with van der Waals surface area (Å²) in [7, 11) is 2.96. The first kappa shape index (κ1) is 14.8. The van der Waals surface area contributed by atoms with E-state index >= 15 is 0 Å². The first-order valence-corrected chi connectivity index (χ1v) is 5.74. The highest BCUT2D eigenvalue weighted by Gasteiger charge is 2.12. The predicted molar refractivity (Wildman–Crippen MR) is 69.7 cm³/mol. The van der Waals surface area contributed by atoms with Crippen molar-refractivity contribution in [2.45, 2.75) is 6.92 Å². The standard InChI is InChI=1S/C13H17NO5/c1-4-18-12(15)9-19-13-10(8-14-17-3)6-5-7-11(13)16-2/h5-8H,4,9H2,1-3H3/b14-8-. The summed E-state index contributed by atoms with van der Waals surface area (Å²) >= 11 is 0. The van der Waals surface area contributed by atoms with E-state index in [1.807, 2.05) is 0 Å². The molecular weight excluding hydrogens is 250 g/mol. The Kier molecular flexibility index (Phi) is 6.21. The molecule has 0 saturated heterocycles. The van der Waals surface area contributed by atoms with E-state index in [9.17, 15) is 4.79 Å². The number of rotatable bonds is 7. The number of ether oxygens (including phenoxy) is 3. The van der Waals surface area contributed by atoms with Gasteiger partial charge in [-0.15, -0.1) is 0 Å². The van der Waals surface area contributed by atoms with Gasteiger partial charge in [0.2, 0.25) is 0 Å². The fraction of sp³-hybridized carbons (Fsp3) is 0.385. The van der Waals surface area contributed by atoms with Gasteiger partial charge in [0, 0.05) is 5.56 Å². The van der Waals surface area contributed by atoms with Gasteiger partial charge in [-0.05, 0) is 19.1 Å². The molecule has 0 aliphatic carbocycles. The van der Waals surface area contributed by atoms with Crippen LogP contribution in [-0.2, 0) is 14.4 Å². The maximum absolute atomic E-state index is 11.3. The largest absolute Gasteiger partial charge is 0.493 e. The van der Waals surface area contributed by atoms with Gasteiger partial charge in [0.1, 0.15) is 7.11 Å². The van der Waals surface area contributed by atoms with Crippen LogP contribution in [0.1, 0.15) is 12.5 Å². The highest BCUT2D eigenvalue weighted by molar-refractivity contribution is 5.85. The van der Waals surface area contributed by atoms with E-state index in [2.05, 4.69) is 9.99 Å². The second-order valence-corrected chi connectivity index (χ2v) is 3.39. The molecule has 0 radical (unpaired) electrons. The molecule has 0 saturated carbocycles. The fourth-order valence-corrected chi connectivity index (χ4v) is 1.39. The zero-order valence-corrected chi connectivity index (χ0v) is 11.2. The van der Waals surface area contributed by atoms with E-state index in [-0.39, 0.29) is 6.61 Å². The van der Waals surface area contributed by atoms with Gasteiger partial charge in [0.05, 0.1) is 19.9 Å². The van der Waals surface area contributed by atoms with Gasteiger partial charge in [-0.2, -0.15) is 0 Å². The van der Waals surface area contributed by atoms with Crippen LogP contribution in [0.15, 0.2) is 23.4 Å². The molecule has 0 aromatic heterocycles. The molecule has 0 N–H and O–H groups in total. The van der Waals surface area contributed by atoms with Crippen LogP contribution >= 0.6 is 0 Å².